The maximum absolute atomic E-state index is 11.3. The molecule has 1 aromatic carbocycles. The third kappa shape index (κ3) is 2.03. The fourth-order valence-corrected chi connectivity index (χ4v) is 3.61. The zero-order valence-corrected chi connectivity index (χ0v) is 11.1. The van der Waals surface area contributed by atoms with Crippen LogP contribution in [0.5, 0.6) is 0 Å². The number of nitrogens with zero attached hydrogens (tertiary/aromatic N) is 2. The van der Waals surface area contributed by atoms with Gasteiger partial charge >= 0.3 is 5.69 Å². The number of fused-ring (bicyclic) bond motifs is 1. The molecule has 2 unspecified atom stereocenters. The number of anilines is 2. The van der Waals surface area contributed by atoms with Gasteiger partial charge in [-0.3, -0.25) is 10.1 Å². The molecule has 19 heavy (non-hydrogen) atoms. The lowest BCUT2D eigenvalue weighted by Crippen LogP contribution is -2.22. The maximum Gasteiger partial charge on any atom is 0.315 e. The largest absolute Gasteiger partial charge is 0.382 e. The SMILES string of the molecule is CNc1cccc(N2CC3CCCC3C2)c1[N+](=O)[O-]. The predicted octanol–water partition coefficient (Wildman–Crippen LogP) is 2.87. The number of nitrogens with one attached hydrogen (secondary N) is 1. The smallest absolute Gasteiger partial charge is 0.315 e. The molecule has 0 amide bonds. The number of hydrogen-bond acceptors (Lipinski definition) is 4. The first kappa shape index (κ1) is 12.3. The van der Waals surface area contributed by atoms with Crippen molar-refractivity contribution in [1.82, 2.24) is 0 Å². The molecule has 1 saturated carbocycles. The average Bonchev–Trinajstić information content (AvgIpc) is 2.98. The van der Waals surface area contributed by atoms with Gasteiger partial charge in [-0.2, -0.15) is 0 Å². The fourth-order valence-electron chi connectivity index (χ4n) is 3.61. The molecule has 3 rings (SSSR count). The molecule has 1 aromatic rings. The average molecular weight is 261 g/mol. The molecule has 2 fully saturated rings. The van der Waals surface area contributed by atoms with Gasteiger partial charge in [-0.05, 0) is 36.8 Å². The fraction of sp³-hybridized carbons (Fsp3) is 0.571. The van der Waals surface area contributed by atoms with Gasteiger partial charge in [0.15, 0.2) is 0 Å². The Balaban J connectivity index is 1.94. The highest BCUT2D eigenvalue weighted by Gasteiger charge is 2.38. The Morgan fingerprint density at radius 2 is 2.00 bits per heavy atom. The van der Waals surface area contributed by atoms with Gasteiger partial charge in [-0.15, -0.1) is 0 Å². The highest BCUT2D eigenvalue weighted by Crippen LogP contribution is 2.43. The third-order valence-electron chi connectivity index (χ3n) is 4.53. The lowest BCUT2D eigenvalue weighted by Gasteiger charge is -2.20. The van der Waals surface area contributed by atoms with E-state index < -0.39 is 0 Å². The molecule has 1 heterocycles. The van der Waals surface area contributed by atoms with Gasteiger partial charge in [0.25, 0.3) is 0 Å². The Hall–Kier alpha value is -1.78. The van der Waals surface area contributed by atoms with Gasteiger partial charge in [-0.25, -0.2) is 0 Å². The molecule has 0 aromatic heterocycles. The molecular formula is C14H19N3O2. The topological polar surface area (TPSA) is 58.4 Å². The number of rotatable bonds is 3. The van der Waals surface area contributed by atoms with Crippen LogP contribution in [0, 0.1) is 22.0 Å². The molecule has 2 atom stereocenters. The Kier molecular flexibility index (Phi) is 3.05. The summed E-state index contributed by atoms with van der Waals surface area (Å²) in [6.45, 7) is 1.94. The quantitative estimate of drug-likeness (QED) is 0.671. The summed E-state index contributed by atoms with van der Waals surface area (Å²) in [6.07, 6.45) is 3.88. The van der Waals surface area contributed by atoms with Crippen molar-refractivity contribution in [2.75, 3.05) is 30.4 Å². The maximum atomic E-state index is 11.3. The van der Waals surface area contributed by atoms with Crippen molar-refractivity contribution in [2.24, 2.45) is 11.8 Å². The van der Waals surface area contributed by atoms with E-state index in [-0.39, 0.29) is 10.6 Å². The third-order valence-corrected chi connectivity index (χ3v) is 4.53. The van der Waals surface area contributed by atoms with Crippen LogP contribution in [0.4, 0.5) is 17.1 Å². The summed E-state index contributed by atoms with van der Waals surface area (Å²) in [5, 5.41) is 14.3. The van der Waals surface area contributed by atoms with Gasteiger partial charge in [0, 0.05) is 20.1 Å². The van der Waals surface area contributed by atoms with E-state index >= 15 is 0 Å². The van der Waals surface area contributed by atoms with Crippen LogP contribution in [0.3, 0.4) is 0 Å². The van der Waals surface area contributed by atoms with Crippen LogP contribution in [-0.2, 0) is 0 Å². The first-order valence-electron chi connectivity index (χ1n) is 6.91. The number of hydrogen-bond donors (Lipinski definition) is 1. The molecule has 0 radical (unpaired) electrons. The minimum Gasteiger partial charge on any atom is -0.382 e. The second-order valence-corrected chi connectivity index (χ2v) is 5.54. The first-order chi connectivity index (χ1) is 9.20. The summed E-state index contributed by atoms with van der Waals surface area (Å²) in [7, 11) is 1.73. The van der Waals surface area contributed by atoms with E-state index in [4.69, 9.17) is 0 Å². The normalized spacial score (nSPS) is 25.4. The zero-order chi connectivity index (χ0) is 13.4. The van der Waals surface area contributed by atoms with Crippen LogP contribution in [-0.4, -0.2) is 25.1 Å². The molecule has 1 aliphatic carbocycles. The molecule has 1 N–H and O–H groups in total. The summed E-state index contributed by atoms with van der Waals surface area (Å²) in [5.74, 6) is 1.47. The van der Waals surface area contributed by atoms with Crippen molar-refractivity contribution in [3.8, 4) is 0 Å². The molecule has 0 spiro atoms. The molecule has 1 saturated heterocycles. The predicted molar refractivity (Wildman–Crippen MR) is 75.7 cm³/mol. The van der Waals surface area contributed by atoms with Crippen molar-refractivity contribution < 1.29 is 4.92 Å². The van der Waals surface area contributed by atoms with E-state index in [1.807, 2.05) is 12.1 Å². The van der Waals surface area contributed by atoms with Gasteiger partial charge in [0.2, 0.25) is 0 Å². The van der Waals surface area contributed by atoms with Crippen molar-refractivity contribution in [3.63, 3.8) is 0 Å². The van der Waals surface area contributed by atoms with Crippen LogP contribution in [0.1, 0.15) is 19.3 Å². The molecule has 0 bridgehead atoms. The standard InChI is InChI=1S/C14H19N3O2/c1-15-12-6-3-7-13(14(12)17(18)19)16-8-10-4-2-5-11(10)9-16/h3,6-7,10-11,15H,2,4-5,8-9H2,1H3. The number of benzene rings is 1. The van der Waals surface area contributed by atoms with Gasteiger partial charge in [0.05, 0.1) is 4.92 Å². The van der Waals surface area contributed by atoms with Crippen LogP contribution < -0.4 is 10.2 Å². The Bertz CT molecular complexity index is 491. The Morgan fingerprint density at radius 3 is 2.58 bits per heavy atom. The van der Waals surface area contributed by atoms with E-state index in [9.17, 15) is 10.1 Å². The zero-order valence-electron chi connectivity index (χ0n) is 11.1. The van der Waals surface area contributed by atoms with Gasteiger partial charge in [0.1, 0.15) is 11.4 Å². The van der Waals surface area contributed by atoms with E-state index in [0.717, 1.165) is 30.6 Å². The van der Waals surface area contributed by atoms with Crippen LogP contribution in [0.15, 0.2) is 18.2 Å². The summed E-state index contributed by atoms with van der Waals surface area (Å²) in [5.41, 5.74) is 1.58. The van der Waals surface area contributed by atoms with Crippen molar-refractivity contribution >= 4 is 17.1 Å². The highest BCUT2D eigenvalue weighted by atomic mass is 16.6. The molecule has 5 nitrogen and oxygen atoms in total. The summed E-state index contributed by atoms with van der Waals surface area (Å²) >= 11 is 0. The monoisotopic (exact) mass is 261 g/mol. The van der Waals surface area contributed by atoms with Crippen molar-refractivity contribution in [1.29, 1.82) is 0 Å². The van der Waals surface area contributed by atoms with Gasteiger partial charge in [-0.1, -0.05) is 12.5 Å². The molecule has 5 heteroatoms. The van der Waals surface area contributed by atoms with E-state index in [1.165, 1.54) is 19.3 Å². The van der Waals surface area contributed by atoms with E-state index in [1.54, 1.807) is 13.1 Å². The second kappa shape index (κ2) is 4.72. The molecule has 102 valence electrons. The molecule has 2 aliphatic rings. The Morgan fingerprint density at radius 1 is 1.32 bits per heavy atom. The number of para-hydroxylation sites is 1. The molecular weight excluding hydrogens is 242 g/mol. The van der Waals surface area contributed by atoms with Crippen molar-refractivity contribution in [2.45, 2.75) is 19.3 Å². The molecule has 1 aliphatic heterocycles. The number of nitro benzene ring substituents is 1. The minimum atomic E-state index is -0.269. The summed E-state index contributed by atoms with van der Waals surface area (Å²) in [6, 6.07) is 5.53. The van der Waals surface area contributed by atoms with Crippen LogP contribution in [0.2, 0.25) is 0 Å². The minimum absolute atomic E-state index is 0.213. The second-order valence-electron chi connectivity index (χ2n) is 5.54. The lowest BCUT2D eigenvalue weighted by atomic mass is 10.0. The van der Waals surface area contributed by atoms with E-state index in [0.29, 0.717) is 5.69 Å². The van der Waals surface area contributed by atoms with Crippen LogP contribution in [0.25, 0.3) is 0 Å². The van der Waals surface area contributed by atoms with Gasteiger partial charge < -0.3 is 10.2 Å². The highest BCUT2D eigenvalue weighted by molar-refractivity contribution is 5.77. The van der Waals surface area contributed by atoms with Crippen LogP contribution >= 0.6 is 0 Å². The first-order valence-corrected chi connectivity index (χ1v) is 6.91. The Labute approximate surface area is 112 Å². The summed E-state index contributed by atoms with van der Waals surface area (Å²) in [4.78, 5) is 13.3. The lowest BCUT2D eigenvalue weighted by molar-refractivity contribution is -0.383. The van der Waals surface area contributed by atoms with E-state index in [2.05, 4.69) is 10.2 Å². The van der Waals surface area contributed by atoms with Crippen molar-refractivity contribution in [3.05, 3.63) is 28.3 Å². The summed E-state index contributed by atoms with van der Waals surface area (Å²) < 4.78 is 0. The number of nitro groups is 1.